The topological polar surface area (TPSA) is 65.5 Å². The lowest BCUT2D eigenvalue weighted by Crippen LogP contribution is -2.39. The highest BCUT2D eigenvalue weighted by Gasteiger charge is 2.24. The van der Waals surface area contributed by atoms with Crippen LogP contribution in [0.4, 0.5) is 5.69 Å². The summed E-state index contributed by atoms with van der Waals surface area (Å²) in [6.07, 6.45) is 2.24. The van der Waals surface area contributed by atoms with Crippen molar-refractivity contribution in [1.29, 1.82) is 0 Å². The van der Waals surface area contributed by atoms with E-state index in [4.69, 9.17) is 12.2 Å². The van der Waals surface area contributed by atoms with Crippen molar-refractivity contribution in [1.82, 2.24) is 9.88 Å². The maximum atomic E-state index is 11.4. The van der Waals surface area contributed by atoms with Crippen LogP contribution < -0.4 is 5.32 Å². The summed E-state index contributed by atoms with van der Waals surface area (Å²) in [6, 6.07) is 9.47. The number of nitrogens with zero attached hydrogens (tertiary/aromatic N) is 2. The van der Waals surface area contributed by atoms with Gasteiger partial charge in [0, 0.05) is 42.7 Å². The summed E-state index contributed by atoms with van der Waals surface area (Å²) in [5, 5.41) is 13.2. The van der Waals surface area contributed by atoms with Crippen LogP contribution in [0.5, 0.6) is 0 Å². The molecule has 23 heavy (non-hydrogen) atoms. The number of aromatic nitrogens is 1. The van der Waals surface area contributed by atoms with Crippen LogP contribution in [0.25, 0.3) is 0 Å². The highest BCUT2D eigenvalue weighted by atomic mass is 32.1. The number of aromatic carboxylic acids is 1. The van der Waals surface area contributed by atoms with Gasteiger partial charge in [-0.15, -0.1) is 0 Å². The second-order valence-corrected chi connectivity index (χ2v) is 5.89. The zero-order valence-corrected chi connectivity index (χ0v) is 13.6. The van der Waals surface area contributed by atoms with Gasteiger partial charge in [0.15, 0.2) is 5.11 Å². The molecule has 0 atom stereocenters. The molecular formula is C17H17N3O2S. The van der Waals surface area contributed by atoms with Crippen molar-refractivity contribution in [2.24, 2.45) is 0 Å². The van der Waals surface area contributed by atoms with Crippen LogP contribution in [-0.2, 0) is 13.0 Å². The number of thiocarbonyl (C=S) groups is 1. The SMILES string of the molecule is Cc1ccccc1NC(=S)N1CCc2nccc(C(=O)O)c2C1. The Hall–Kier alpha value is -2.47. The molecule has 1 aliphatic heterocycles. The van der Waals surface area contributed by atoms with E-state index in [-0.39, 0.29) is 0 Å². The molecule has 6 heteroatoms. The van der Waals surface area contributed by atoms with Gasteiger partial charge in [0.1, 0.15) is 0 Å². The van der Waals surface area contributed by atoms with Gasteiger partial charge < -0.3 is 15.3 Å². The second kappa shape index (κ2) is 6.34. The molecule has 1 aromatic heterocycles. The third-order valence-corrected chi connectivity index (χ3v) is 4.38. The summed E-state index contributed by atoms with van der Waals surface area (Å²) in [5.74, 6) is -0.928. The average Bonchev–Trinajstić information content (AvgIpc) is 2.55. The van der Waals surface area contributed by atoms with Gasteiger partial charge >= 0.3 is 5.97 Å². The smallest absolute Gasteiger partial charge is 0.336 e. The largest absolute Gasteiger partial charge is 0.478 e. The Bertz CT molecular complexity index is 776. The van der Waals surface area contributed by atoms with E-state index in [1.54, 1.807) is 12.3 Å². The Balaban J connectivity index is 1.80. The fourth-order valence-corrected chi connectivity index (χ4v) is 2.99. The molecule has 2 N–H and O–H groups in total. The fourth-order valence-electron chi connectivity index (χ4n) is 2.72. The maximum Gasteiger partial charge on any atom is 0.336 e. The maximum absolute atomic E-state index is 11.4. The van der Waals surface area contributed by atoms with Crippen molar-refractivity contribution in [3.05, 3.63) is 58.9 Å². The van der Waals surface area contributed by atoms with Crippen LogP contribution in [0.2, 0.25) is 0 Å². The number of pyridine rings is 1. The van der Waals surface area contributed by atoms with Crippen molar-refractivity contribution < 1.29 is 9.90 Å². The predicted octanol–water partition coefficient (Wildman–Crippen LogP) is 2.84. The van der Waals surface area contributed by atoms with E-state index in [1.165, 1.54) is 0 Å². The number of carboxylic acid groups (broad SMARTS) is 1. The zero-order chi connectivity index (χ0) is 16.4. The molecule has 0 saturated heterocycles. The Labute approximate surface area is 140 Å². The average molecular weight is 327 g/mol. The second-order valence-electron chi connectivity index (χ2n) is 5.51. The van der Waals surface area contributed by atoms with E-state index in [0.29, 0.717) is 23.6 Å². The van der Waals surface area contributed by atoms with Crippen molar-refractivity contribution >= 4 is 29.0 Å². The van der Waals surface area contributed by atoms with Gasteiger partial charge in [-0.1, -0.05) is 18.2 Å². The van der Waals surface area contributed by atoms with E-state index in [2.05, 4.69) is 10.3 Å². The van der Waals surface area contributed by atoms with Crippen LogP contribution in [0.1, 0.15) is 27.2 Å². The number of rotatable bonds is 2. The quantitative estimate of drug-likeness (QED) is 0.827. The minimum atomic E-state index is -0.928. The molecule has 0 bridgehead atoms. The minimum Gasteiger partial charge on any atom is -0.478 e. The number of anilines is 1. The van der Waals surface area contributed by atoms with Gasteiger partial charge in [0.05, 0.1) is 5.56 Å². The molecular weight excluding hydrogens is 310 g/mol. The number of aryl methyl sites for hydroxylation is 1. The number of fused-ring (bicyclic) bond motifs is 1. The molecule has 1 aliphatic rings. The molecule has 0 fully saturated rings. The predicted molar refractivity (Wildman–Crippen MR) is 92.7 cm³/mol. The molecule has 0 unspecified atom stereocenters. The summed E-state index contributed by atoms with van der Waals surface area (Å²) < 4.78 is 0. The van der Waals surface area contributed by atoms with Crippen LogP contribution in [0.15, 0.2) is 36.5 Å². The third-order valence-electron chi connectivity index (χ3n) is 4.02. The van der Waals surface area contributed by atoms with Crippen LogP contribution in [0.3, 0.4) is 0 Å². The fraction of sp³-hybridized carbons (Fsp3) is 0.235. The van der Waals surface area contributed by atoms with Gasteiger partial charge in [0.25, 0.3) is 0 Å². The van der Waals surface area contributed by atoms with Crippen LogP contribution in [-0.4, -0.2) is 32.6 Å². The summed E-state index contributed by atoms with van der Waals surface area (Å²) in [4.78, 5) is 17.7. The first-order chi connectivity index (χ1) is 11.1. The normalized spacial score (nSPS) is 13.3. The van der Waals surface area contributed by atoms with Crippen LogP contribution >= 0.6 is 12.2 Å². The molecule has 0 radical (unpaired) electrons. The molecule has 0 saturated carbocycles. The minimum absolute atomic E-state index is 0.304. The first-order valence-corrected chi connectivity index (χ1v) is 7.78. The third kappa shape index (κ3) is 3.17. The van der Waals surface area contributed by atoms with E-state index >= 15 is 0 Å². The van der Waals surface area contributed by atoms with Crippen molar-refractivity contribution in [3.8, 4) is 0 Å². The molecule has 0 spiro atoms. The van der Waals surface area contributed by atoms with Crippen molar-refractivity contribution in [2.45, 2.75) is 19.9 Å². The molecule has 2 aromatic rings. The summed E-state index contributed by atoms with van der Waals surface area (Å²) in [6.45, 7) is 3.20. The molecule has 0 amide bonds. The first kappa shape index (κ1) is 15.4. The number of benzene rings is 1. The monoisotopic (exact) mass is 327 g/mol. The van der Waals surface area contributed by atoms with Crippen molar-refractivity contribution in [3.63, 3.8) is 0 Å². The first-order valence-electron chi connectivity index (χ1n) is 7.38. The summed E-state index contributed by atoms with van der Waals surface area (Å²) in [7, 11) is 0. The number of para-hydroxylation sites is 1. The van der Waals surface area contributed by atoms with E-state index < -0.39 is 5.97 Å². The molecule has 5 nitrogen and oxygen atoms in total. The highest BCUT2D eigenvalue weighted by Crippen LogP contribution is 2.22. The molecule has 2 heterocycles. The lowest BCUT2D eigenvalue weighted by molar-refractivity contribution is 0.0694. The lowest BCUT2D eigenvalue weighted by atomic mass is 10.0. The van der Waals surface area contributed by atoms with Crippen LogP contribution in [0, 0.1) is 6.92 Å². The van der Waals surface area contributed by atoms with E-state index in [1.807, 2.05) is 36.1 Å². The van der Waals surface area contributed by atoms with Gasteiger partial charge in [-0.25, -0.2) is 4.79 Å². The summed E-state index contributed by atoms with van der Waals surface area (Å²) >= 11 is 5.50. The molecule has 3 rings (SSSR count). The van der Waals surface area contributed by atoms with E-state index in [9.17, 15) is 9.90 Å². The van der Waals surface area contributed by atoms with E-state index in [0.717, 1.165) is 29.1 Å². The van der Waals surface area contributed by atoms with Gasteiger partial charge in [0.2, 0.25) is 0 Å². The zero-order valence-electron chi connectivity index (χ0n) is 12.7. The Morgan fingerprint density at radius 3 is 2.87 bits per heavy atom. The standard InChI is InChI=1S/C17H17N3O2S/c1-11-4-2-3-5-14(11)19-17(23)20-9-7-15-13(10-20)12(16(21)22)6-8-18-15/h2-6,8H,7,9-10H2,1H3,(H,19,23)(H,21,22). The van der Waals surface area contributed by atoms with Gasteiger partial charge in [-0.3, -0.25) is 4.98 Å². The molecule has 1 aromatic carbocycles. The number of hydrogen-bond donors (Lipinski definition) is 2. The van der Waals surface area contributed by atoms with Crippen molar-refractivity contribution in [2.75, 3.05) is 11.9 Å². The number of hydrogen-bond acceptors (Lipinski definition) is 3. The number of carboxylic acids is 1. The summed E-state index contributed by atoms with van der Waals surface area (Å²) in [5.41, 5.74) is 3.98. The lowest BCUT2D eigenvalue weighted by Gasteiger charge is -2.31. The van der Waals surface area contributed by atoms with Gasteiger partial charge in [-0.2, -0.15) is 0 Å². The Morgan fingerprint density at radius 1 is 1.35 bits per heavy atom. The molecule has 0 aliphatic carbocycles. The van der Waals surface area contributed by atoms with Gasteiger partial charge in [-0.05, 0) is 36.8 Å². The number of carbonyl (C=O) groups is 1. The highest BCUT2D eigenvalue weighted by molar-refractivity contribution is 7.80. The Kier molecular flexibility index (Phi) is 4.25. The number of nitrogens with one attached hydrogen (secondary N) is 1. The Morgan fingerprint density at radius 2 is 2.13 bits per heavy atom. The molecule has 118 valence electrons.